The van der Waals surface area contributed by atoms with Gasteiger partial charge in [-0.15, -0.1) is 0 Å². The summed E-state index contributed by atoms with van der Waals surface area (Å²) in [5.41, 5.74) is 1.19. The van der Waals surface area contributed by atoms with Gasteiger partial charge < -0.3 is 4.74 Å². The van der Waals surface area contributed by atoms with Crippen LogP contribution in [0.1, 0.15) is 24.2 Å². The van der Waals surface area contributed by atoms with E-state index in [1.807, 2.05) is 38.1 Å². The van der Waals surface area contributed by atoms with Crippen molar-refractivity contribution in [3.8, 4) is 0 Å². The van der Waals surface area contributed by atoms with Gasteiger partial charge in [0.25, 0.3) is 5.91 Å². The molecule has 9 heteroatoms. The molecule has 1 saturated heterocycles. The Hall–Kier alpha value is -2.33. The van der Waals surface area contributed by atoms with Crippen LogP contribution < -0.4 is 5.32 Å². The molecule has 1 aliphatic heterocycles. The van der Waals surface area contributed by atoms with Crippen LogP contribution in [0.4, 0.5) is 5.13 Å². The lowest BCUT2D eigenvalue weighted by Crippen LogP contribution is -2.48. The second kappa shape index (κ2) is 7.83. The van der Waals surface area contributed by atoms with Gasteiger partial charge in [0.1, 0.15) is 0 Å². The first-order chi connectivity index (χ1) is 13.8. The number of fused-ring (bicyclic) bond motifs is 1. The van der Waals surface area contributed by atoms with E-state index >= 15 is 0 Å². The summed E-state index contributed by atoms with van der Waals surface area (Å²) in [5, 5.41) is 3.28. The molecule has 1 N–H and O–H groups in total. The van der Waals surface area contributed by atoms with Gasteiger partial charge in [0.2, 0.25) is 10.0 Å². The summed E-state index contributed by atoms with van der Waals surface area (Å²) >= 11 is 1.39. The molecular formula is C20H21N3O4S2. The number of ether oxygens (including phenoxy) is 1. The zero-order chi connectivity index (χ0) is 20.6. The molecule has 152 valence electrons. The Bertz CT molecular complexity index is 1100. The first kappa shape index (κ1) is 20.0. The van der Waals surface area contributed by atoms with Crippen LogP contribution >= 0.6 is 11.3 Å². The maximum atomic E-state index is 12.9. The van der Waals surface area contributed by atoms with E-state index in [4.69, 9.17) is 4.74 Å². The number of hydrogen-bond acceptors (Lipinski definition) is 6. The minimum atomic E-state index is -3.64. The highest BCUT2D eigenvalue weighted by atomic mass is 32.2. The number of morpholine rings is 1. The molecule has 0 saturated carbocycles. The summed E-state index contributed by atoms with van der Waals surface area (Å²) in [6.07, 6.45) is -0.320. The second-order valence-electron chi connectivity index (χ2n) is 7.04. The molecule has 2 atom stereocenters. The number of rotatable bonds is 4. The van der Waals surface area contributed by atoms with Crippen LogP contribution in [0.15, 0.2) is 53.4 Å². The molecular weight excluding hydrogens is 410 g/mol. The van der Waals surface area contributed by atoms with Crippen molar-refractivity contribution in [2.75, 3.05) is 18.4 Å². The molecule has 2 heterocycles. The molecule has 7 nitrogen and oxygen atoms in total. The smallest absolute Gasteiger partial charge is 0.257 e. The normalized spacial score (nSPS) is 20.6. The predicted molar refractivity (Wildman–Crippen MR) is 113 cm³/mol. The molecule has 29 heavy (non-hydrogen) atoms. The molecule has 0 aliphatic carbocycles. The molecule has 1 aliphatic rings. The lowest BCUT2D eigenvalue weighted by atomic mass is 10.2. The van der Waals surface area contributed by atoms with Crippen molar-refractivity contribution >= 4 is 42.6 Å². The number of carbonyl (C=O) groups excluding carboxylic acids is 1. The summed E-state index contributed by atoms with van der Waals surface area (Å²) in [6.45, 7) is 4.33. The van der Waals surface area contributed by atoms with Crippen molar-refractivity contribution < 1.29 is 17.9 Å². The van der Waals surface area contributed by atoms with Crippen LogP contribution in [0.5, 0.6) is 0 Å². The molecule has 1 aromatic heterocycles. The van der Waals surface area contributed by atoms with Crippen LogP contribution in [0.25, 0.3) is 10.2 Å². The van der Waals surface area contributed by atoms with Crippen LogP contribution in [0.2, 0.25) is 0 Å². The third kappa shape index (κ3) is 4.18. The highest BCUT2D eigenvalue weighted by Gasteiger charge is 2.32. The quantitative estimate of drug-likeness (QED) is 0.684. The van der Waals surface area contributed by atoms with Crippen LogP contribution in [0.3, 0.4) is 0 Å². The minimum absolute atomic E-state index is 0.160. The van der Waals surface area contributed by atoms with Crippen molar-refractivity contribution in [1.29, 1.82) is 0 Å². The first-order valence-electron chi connectivity index (χ1n) is 9.25. The van der Waals surface area contributed by atoms with E-state index in [9.17, 15) is 13.2 Å². The first-order valence-corrected chi connectivity index (χ1v) is 11.5. The summed E-state index contributed by atoms with van der Waals surface area (Å²) < 4.78 is 33.9. The minimum Gasteiger partial charge on any atom is -0.373 e. The molecule has 0 spiro atoms. The van der Waals surface area contributed by atoms with E-state index in [1.54, 1.807) is 0 Å². The van der Waals surface area contributed by atoms with E-state index in [0.717, 1.165) is 10.2 Å². The fourth-order valence-electron chi connectivity index (χ4n) is 3.35. The summed E-state index contributed by atoms with van der Waals surface area (Å²) in [6, 6.07) is 13.6. The Balaban J connectivity index is 1.50. The van der Waals surface area contributed by atoms with Crippen LogP contribution in [0, 0.1) is 0 Å². The maximum Gasteiger partial charge on any atom is 0.257 e. The standard InChI is InChI=1S/C20H21N3O4S2/c1-13-11-23(12-14(2)27-13)29(25,26)16-9-7-15(8-10-16)19(24)22-20-21-17-5-3-4-6-18(17)28-20/h3-10,13-14H,11-12H2,1-2H3,(H,21,22,24). The summed E-state index contributed by atoms with van der Waals surface area (Å²) in [4.78, 5) is 17.1. The Labute approximate surface area is 173 Å². The molecule has 0 radical (unpaired) electrons. The lowest BCUT2D eigenvalue weighted by molar-refractivity contribution is -0.0440. The highest BCUT2D eigenvalue weighted by molar-refractivity contribution is 7.89. The Kier molecular flexibility index (Phi) is 5.39. The molecule has 2 unspecified atom stereocenters. The molecule has 0 bridgehead atoms. The lowest BCUT2D eigenvalue weighted by Gasteiger charge is -2.34. The number of nitrogens with zero attached hydrogens (tertiary/aromatic N) is 2. The number of para-hydroxylation sites is 1. The molecule has 2 aromatic carbocycles. The third-order valence-corrected chi connectivity index (χ3v) is 7.45. The van der Waals surface area contributed by atoms with Gasteiger partial charge in [0, 0.05) is 18.7 Å². The maximum absolute atomic E-state index is 12.9. The van der Waals surface area contributed by atoms with Gasteiger partial charge in [-0.3, -0.25) is 10.1 Å². The number of thiazole rings is 1. The van der Waals surface area contributed by atoms with E-state index in [1.165, 1.54) is 39.9 Å². The zero-order valence-corrected chi connectivity index (χ0v) is 17.7. The van der Waals surface area contributed by atoms with E-state index in [0.29, 0.717) is 23.8 Å². The van der Waals surface area contributed by atoms with Crippen LogP contribution in [-0.4, -0.2) is 48.9 Å². The van der Waals surface area contributed by atoms with Gasteiger partial charge in [-0.05, 0) is 50.2 Å². The highest BCUT2D eigenvalue weighted by Crippen LogP contribution is 2.26. The summed E-state index contributed by atoms with van der Waals surface area (Å²) in [7, 11) is -3.64. The number of anilines is 1. The average molecular weight is 432 g/mol. The second-order valence-corrected chi connectivity index (χ2v) is 10.0. The number of hydrogen-bond donors (Lipinski definition) is 1. The Morgan fingerprint density at radius 3 is 2.41 bits per heavy atom. The largest absolute Gasteiger partial charge is 0.373 e. The molecule has 1 fully saturated rings. The van der Waals surface area contributed by atoms with Gasteiger partial charge in [-0.1, -0.05) is 23.5 Å². The third-order valence-electron chi connectivity index (χ3n) is 4.65. The number of sulfonamides is 1. The van der Waals surface area contributed by atoms with Crippen molar-refractivity contribution in [3.63, 3.8) is 0 Å². The van der Waals surface area contributed by atoms with E-state index in [2.05, 4.69) is 10.3 Å². The fraction of sp³-hybridized carbons (Fsp3) is 0.300. The molecule has 4 rings (SSSR count). The van der Waals surface area contributed by atoms with Crippen molar-refractivity contribution in [2.45, 2.75) is 31.0 Å². The number of amides is 1. The van der Waals surface area contributed by atoms with Crippen molar-refractivity contribution in [2.24, 2.45) is 0 Å². The number of benzene rings is 2. The number of carbonyl (C=O) groups is 1. The summed E-state index contributed by atoms with van der Waals surface area (Å²) in [5.74, 6) is -0.332. The number of aromatic nitrogens is 1. The number of nitrogens with one attached hydrogen (secondary N) is 1. The van der Waals surface area contributed by atoms with E-state index < -0.39 is 10.0 Å². The van der Waals surface area contributed by atoms with Crippen molar-refractivity contribution in [1.82, 2.24) is 9.29 Å². The SMILES string of the molecule is CC1CN(S(=O)(=O)c2ccc(C(=O)Nc3nc4ccccc4s3)cc2)CC(C)O1. The van der Waals surface area contributed by atoms with Gasteiger partial charge in [-0.25, -0.2) is 13.4 Å². The zero-order valence-electron chi connectivity index (χ0n) is 16.0. The predicted octanol–water partition coefficient (Wildman–Crippen LogP) is 3.35. The monoisotopic (exact) mass is 431 g/mol. The average Bonchev–Trinajstić information content (AvgIpc) is 3.09. The van der Waals surface area contributed by atoms with Crippen LogP contribution in [-0.2, 0) is 14.8 Å². The van der Waals surface area contributed by atoms with Gasteiger partial charge >= 0.3 is 0 Å². The van der Waals surface area contributed by atoms with Gasteiger partial charge in [-0.2, -0.15) is 4.31 Å². The molecule has 3 aromatic rings. The van der Waals surface area contributed by atoms with Gasteiger partial charge in [0.05, 0.1) is 27.3 Å². The van der Waals surface area contributed by atoms with E-state index in [-0.39, 0.29) is 23.0 Å². The van der Waals surface area contributed by atoms with Gasteiger partial charge in [0.15, 0.2) is 5.13 Å². The van der Waals surface area contributed by atoms with Crippen molar-refractivity contribution in [3.05, 3.63) is 54.1 Å². The Morgan fingerprint density at radius 2 is 1.76 bits per heavy atom. The molecule has 1 amide bonds. The topological polar surface area (TPSA) is 88.6 Å². The fourth-order valence-corrected chi connectivity index (χ4v) is 5.80. The Morgan fingerprint density at radius 1 is 1.10 bits per heavy atom.